The zero-order valence-electron chi connectivity index (χ0n) is 19.8. The van der Waals surface area contributed by atoms with Crippen LogP contribution in [0.3, 0.4) is 0 Å². The molecule has 36 heavy (non-hydrogen) atoms. The van der Waals surface area contributed by atoms with Crippen LogP contribution >= 0.6 is 11.3 Å². The lowest BCUT2D eigenvalue weighted by Crippen LogP contribution is -2.25. The van der Waals surface area contributed by atoms with Crippen LogP contribution in [0.25, 0.3) is 32.5 Å². The van der Waals surface area contributed by atoms with Crippen molar-refractivity contribution >= 4 is 33.1 Å². The van der Waals surface area contributed by atoms with E-state index in [0.29, 0.717) is 15.9 Å². The molecule has 0 unspecified atom stereocenters. The van der Waals surface area contributed by atoms with Gasteiger partial charge in [-0.15, -0.1) is 0 Å². The molecule has 0 aliphatic carbocycles. The number of methoxy groups -OCH3 is 2. The van der Waals surface area contributed by atoms with Crippen molar-refractivity contribution in [2.45, 2.75) is 0 Å². The molecular formula is C27H22N4O4S. The van der Waals surface area contributed by atoms with Crippen molar-refractivity contribution in [2.75, 3.05) is 19.5 Å². The Morgan fingerprint density at radius 1 is 0.861 bits per heavy atom. The Labute approximate surface area is 210 Å². The monoisotopic (exact) mass is 498 g/mol. The number of hydrogen-bond acceptors (Lipinski definition) is 7. The average molecular weight is 499 g/mol. The second-order valence-electron chi connectivity index (χ2n) is 7.93. The molecule has 0 saturated heterocycles. The number of nitrogens with zero attached hydrogens (tertiary/aromatic N) is 3. The van der Waals surface area contributed by atoms with E-state index in [-0.39, 0.29) is 11.3 Å². The summed E-state index contributed by atoms with van der Waals surface area (Å²) < 4.78 is 11.7. The number of ether oxygens (including phenoxy) is 2. The van der Waals surface area contributed by atoms with Gasteiger partial charge < -0.3 is 9.47 Å². The Morgan fingerprint density at radius 2 is 1.44 bits per heavy atom. The minimum Gasteiger partial charge on any atom is -0.497 e. The SMILES string of the molecule is COc1ccc(-c2nc(NC(=O)c3nn(C)c(=O)c4ccccc34)sc2-c2ccc(OC)cc2)cc1. The van der Waals surface area contributed by atoms with Crippen molar-refractivity contribution in [2.24, 2.45) is 7.05 Å². The summed E-state index contributed by atoms with van der Waals surface area (Å²) in [5.41, 5.74) is 2.43. The van der Waals surface area contributed by atoms with Gasteiger partial charge in [-0.2, -0.15) is 5.10 Å². The van der Waals surface area contributed by atoms with Crippen LogP contribution in [-0.4, -0.2) is 34.9 Å². The van der Waals surface area contributed by atoms with Crippen LogP contribution in [0.15, 0.2) is 77.6 Å². The van der Waals surface area contributed by atoms with Crippen LogP contribution in [0, 0.1) is 0 Å². The maximum Gasteiger partial charge on any atom is 0.278 e. The first-order chi connectivity index (χ1) is 17.5. The van der Waals surface area contributed by atoms with Gasteiger partial charge in [0.1, 0.15) is 11.5 Å². The number of thiazole rings is 1. The van der Waals surface area contributed by atoms with E-state index in [2.05, 4.69) is 10.4 Å². The molecular weight excluding hydrogens is 476 g/mol. The van der Waals surface area contributed by atoms with Crippen molar-refractivity contribution in [1.29, 1.82) is 0 Å². The fourth-order valence-electron chi connectivity index (χ4n) is 3.88. The van der Waals surface area contributed by atoms with Gasteiger partial charge in [0, 0.05) is 18.0 Å². The molecule has 1 N–H and O–H groups in total. The zero-order valence-corrected chi connectivity index (χ0v) is 20.6. The number of nitrogens with one attached hydrogen (secondary N) is 1. The van der Waals surface area contributed by atoms with Crippen LogP contribution in [-0.2, 0) is 7.05 Å². The summed E-state index contributed by atoms with van der Waals surface area (Å²) in [6, 6.07) is 22.2. The Morgan fingerprint density at radius 3 is 2.06 bits per heavy atom. The van der Waals surface area contributed by atoms with Gasteiger partial charge in [0.05, 0.1) is 30.2 Å². The second kappa shape index (κ2) is 9.63. The third-order valence-electron chi connectivity index (χ3n) is 5.73. The molecule has 0 aliphatic heterocycles. The molecule has 0 aliphatic rings. The number of aryl methyl sites for hydroxylation is 1. The van der Waals surface area contributed by atoms with Gasteiger partial charge in [0.15, 0.2) is 10.8 Å². The van der Waals surface area contributed by atoms with Gasteiger partial charge >= 0.3 is 0 Å². The smallest absolute Gasteiger partial charge is 0.278 e. The summed E-state index contributed by atoms with van der Waals surface area (Å²) in [7, 11) is 4.76. The third-order valence-corrected chi connectivity index (χ3v) is 6.75. The van der Waals surface area contributed by atoms with Gasteiger partial charge in [0.2, 0.25) is 0 Å². The van der Waals surface area contributed by atoms with Gasteiger partial charge in [0.25, 0.3) is 11.5 Å². The highest BCUT2D eigenvalue weighted by Crippen LogP contribution is 2.40. The first kappa shape index (κ1) is 23.3. The molecule has 5 rings (SSSR count). The molecule has 9 heteroatoms. The molecule has 0 bridgehead atoms. The van der Waals surface area contributed by atoms with Gasteiger partial charge in [-0.05, 0) is 60.2 Å². The normalized spacial score (nSPS) is 10.9. The van der Waals surface area contributed by atoms with Crippen molar-refractivity contribution in [3.63, 3.8) is 0 Å². The second-order valence-corrected chi connectivity index (χ2v) is 8.93. The summed E-state index contributed by atoms with van der Waals surface area (Å²) in [6.45, 7) is 0. The minimum absolute atomic E-state index is 0.153. The zero-order chi connectivity index (χ0) is 25.2. The number of fused-ring (bicyclic) bond motifs is 1. The minimum atomic E-state index is -0.446. The van der Waals surface area contributed by atoms with Crippen LogP contribution < -0.4 is 20.3 Å². The van der Waals surface area contributed by atoms with Gasteiger partial charge in [-0.3, -0.25) is 14.9 Å². The van der Waals surface area contributed by atoms with Crippen LogP contribution in [0.1, 0.15) is 10.5 Å². The largest absolute Gasteiger partial charge is 0.497 e. The molecule has 0 atom stereocenters. The van der Waals surface area contributed by atoms with Crippen molar-refractivity contribution in [1.82, 2.24) is 14.8 Å². The van der Waals surface area contributed by atoms with Crippen LogP contribution in [0.5, 0.6) is 11.5 Å². The standard InChI is InChI=1S/C27H22N4O4S/c1-31-26(33)21-7-5-4-6-20(21)23(30-31)25(32)29-27-28-22(16-8-12-18(34-2)13-9-16)24(36-27)17-10-14-19(35-3)15-11-17/h4-15H,1-3H3,(H,28,29,32). The number of amides is 1. The number of hydrogen-bond donors (Lipinski definition) is 1. The molecule has 2 aromatic heterocycles. The Kier molecular flexibility index (Phi) is 6.22. The predicted molar refractivity (Wildman–Crippen MR) is 141 cm³/mol. The lowest BCUT2D eigenvalue weighted by molar-refractivity contribution is 0.102. The summed E-state index contributed by atoms with van der Waals surface area (Å²) in [6.07, 6.45) is 0. The van der Waals surface area contributed by atoms with Gasteiger partial charge in [-0.25, -0.2) is 9.67 Å². The fourth-order valence-corrected chi connectivity index (χ4v) is 4.87. The number of benzene rings is 3. The van der Waals surface area contributed by atoms with Gasteiger partial charge in [-0.1, -0.05) is 29.5 Å². The van der Waals surface area contributed by atoms with E-state index in [1.54, 1.807) is 38.5 Å². The molecule has 0 fully saturated rings. The quantitative estimate of drug-likeness (QED) is 0.354. The predicted octanol–water partition coefficient (Wildman–Crippen LogP) is 4.99. The molecule has 8 nitrogen and oxygen atoms in total. The highest BCUT2D eigenvalue weighted by atomic mass is 32.1. The lowest BCUT2D eigenvalue weighted by Gasteiger charge is -2.07. The third kappa shape index (κ3) is 4.32. The highest BCUT2D eigenvalue weighted by Gasteiger charge is 2.20. The topological polar surface area (TPSA) is 95.3 Å². The number of carbonyl (C=O) groups is 1. The summed E-state index contributed by atoms with van der Waals surface area (Å²) in [5.74, 6) is 1.04. The fraction of sp³-hybridized carbons (Fsp3) is 0.111. The van der Waals surface area contributed by atoms with Crippen molar-refractivity contribution in [3.05, 3.63) is 88.8 Å². The number of anilines is 1. The first-order valence-corrected chi connectivity index (χ1v) is 11.9. The number of aromatic nitrogens is 3. The van der Waals surface area contributed by atoms with Crippen molar-refractivity contribution in [3.8, 4) is 33.2 Å². The van der Waals surface area contributed by atoms with E-state index in [9.17, 15) is 9.59 Å². The molecule has 3 aromatic carbocycles. The van der Waals surface area contributed by atoms with E-state index >= 15 is 0 Å². The molecule has 5 aromatic rings. The molecule has 1 amide bonds. The van der Waals surface area contributed by atoms with E-state index in [4.69, 9.17) is 14.5 Å². The molecule has 0 spiro atoms. The molecule has 180 valence electrons. The van der Waals surface area contributed by atoms with E-state index in [0.717, 1.165) is 33.2 Å². The molecule has 2 heterocycles. The molecule has 0 saturated carbocycles. The Bertz CT molecular complexity index is 1560. The van der Waals surface area contributed by atoms with E-state index < -0.39 is 5.91 Å². The van der Waals surface area contributed by atoms with E-state index in [1.165, 1.54) is 23.1 Å². The maximum atomic E-state index is 13.3. The molecule has 0 radical (unpaired) electrons. The van der Waals surface area contributed by atoms with Crippen LogP contribution in [0.2, 0.25) is 0 Å². The summed E-state index contributed by atoms with van der Waals surface area (Å²) in [4.78, 5) is 31.4. The number of rotatable bonds is 6. The summed E-state index contributed by atoms with van der Waals surface area (Å²) in [5, 5.41) is 8.43. The van der Waals surface area contributed by atoms with Crippen LogP contribution in [0.4, 0.5) is 5.13 Å². The maximum absolute atomic E-state index is 13.3. The average Bonchev–Trinajstić information content (AvgIpc) is 3.34. The Balaban J connectivity index is 1.57. The highest BCUT2D eigenvalue weighted by molar-refractivity contribution is 7.19. The number of carbonyl (C=O) groups excluding carboxylic acids is 1. The summed E-state index contributed by atoms with van der Waals surface area (Å²) >= 11 is 1.36. The van der Waals surface area contributed by atoms with Crippen molar-refractivity contribution < 1.29 is 14.3 Å². The lowest BCUT2D eigenvalue weighted by atomic mass is 10.1. The first-order valence-electron chi connectivity index (χ1n) is 11.1. The Hall–Kier alpha value is -4.50. The van der Waals surface area contributed by atoms with E-state index in [1.807, 2.05) is 48.5 Å².